The van der Waals surface area contributed by atoms with Crippen LogP contribution in [0.15, 0.2) is 60.8 Å². The number of carbonyl (C=O) groups excluding carboxylic acids is 2. The highest BCUT2D eigenvalue weighted by Crippen LogP contribution is 2.32. The molecular formula is C27H29N3O5Si. The second kappa shape index (κ2) is 10.8. The van der Waals surface area contributed by atoms with E-state index in [1.807, 2.05) is 18.2 Å². The predicted octanol–water partition coefficient (Wildman–Crippen LogP) is 5.79. The summed E-state index contributed by atoms with van der Waals surface area (Å²) in [6.45, 7) is 7.49. The second-order valence-electron chi connectivity index (χ2n) is 9.58. The quantitative estimate of drug-likeness (QED) is 0.166. The number of methoxy groups -OCH3 is 1. The van der Waals surface area contributed by atoms with Gasteiger partial charge in [-0.1, -0.05) is 25.7 Å². The third-order valence-corrected chi connectivity index (χ3v) is 7.30. The maximum Gasteiger partial charge on any atom is 0.341 e. The van der Waals surface area contributed by atoms with Gasteiger partial charge in [0.2, 0.25) is 0 Å². The van der Waals surface area contributed by atoms with E-state index in [0.717, 1.165) is 18.0 Å². The lowest BCUT2D eigenvalue weighted by molar-refractivity contribution is 0.0598. The molecule has 1 N–H and O–H groups in total. The molecule has 0 aliphatic rings. The fraction of sp³-hybridized carbons (Fsp3) is 0.259. The minimum Gasteiger partial charge on any atom is -0.465 e. The number of nitrogens with zero attached hydrogens (tertiary/aromatic N) is 2. The molecule has 0 aliphatic carbocycles. The number of benzene rings is 2. The minimum atomic E-state index is -1.30. The van der Waals surface area contributed by atoms with E-state index in [-0.39, 0.29) is 5.56 Å². The molecule has 0 fully saturated rings. The summed E-state index contributed by atoms with van der Waals surface area (Å²) in [6.07, 6.45) is 1.99. The van der Waals surface area contributed by atoms with Gasteiger partial charge in [-0.3, -0.25) is 9.78 Å². The van der Waals surface area contributed by atoms with Gasteiger partial charge in [-0.15, -0.1) is 0 Å². The first-order valence-electron chi connectivity index (χ1n) is 11.6. The minimum absolute atomic E-state index is 0.244. The number of nitrogens with one attached hydrogen (secondary N) is 1. The number of rotatable bonds is 10. The Hall–Kier alpha value is -3.82. The number of aldehydes is 1. The Bertz CT molecular complexity index is 1350. The van der Waals surface area contributed by atoms with Crippen molar-refractivity contribution in [3.8, 4) is 11.5 Å². The number of hydrogen-bond donors (Lipinski definition) is 1. The van der Waals surface area contributed by atoms with Crippen LogP contribution < -0.4 is 4.74 Å². The van der Waals surface area contributed by atoms with Crippen molar-refractivity contribution in [3.05, 3.63) is 83.4 Å². The van der Waals surface area contributed by atoms with Crippen molar-refractivity contribution in [3.63, 3.8) is 0 Å². The Morgan fingerprint density at radius 3 is 2.53 bits per heavy atom. The molecule has 186 valence electrons. The highest BCUT2D eigenvalue weighted by molar-refractivity contribution is 6.76. The monoisotopic (exact) mass is 503 g/mol. The fourth-order valence-electron chi connectivity index (χ4n) is 3.60. The van der Waals surface area contributed by atoms with Gasteiger partial charge < -0.3 is 19.2 Å². The predicted molar refractivity (Wildman–Crippen MR) is 140 cm³/mol. The van der Waals surface area contributed by atoms with Gasteiger partial charge in [0.25, 0.3) is 0 Å². The summed E-state index contributed by atoms with van der Waals surface area (Å²) in [7, 11) is 0.0204. The van der Waals surface area contributed by atoms with Crippen LogP contribution in [0.4, 0.5) is 0 Å². The summed E-state index contributed by atoms with van der Waals surface area (Å²) >= 11 is 0. The molecule has 0 saturated carbocycles. The Kier molecular flexibility index (Phi) is 7.61. The number of H-pyrrole nitrogens is 1. The first kappa shape index (κ1) is 25.3. The Balaban J connectivity index is 1.72. The van der Waals surface area contributed by atoms with E-state index in [4.69, 9.17) is 19.2 Å². The van der Waals surface area contributed by atoms with Gasteiger partial charge in [0, 0.05) is 32.5 Å². The van der Waals surface area contributed by atoms with Crippen LogP contribution in [0, 0.1) is 0 Å². The van der Waals surface area contributed by atoms with Gasteiger partial charge in [0.1, 0.15) is 29.2 Å². The van der Waals surface area contributed by atoms with Crippen LogP contribution in [0.25, 0.3) is 11.0 Å². The van der Waals surface area contributed by atoms with Gasteiger partial charge in [-0.2, -0.15) is 0 Å². The number of aromatic amines is 1. The molecule has 1 atom stereocenters. The maximum absolute atomic E-state index is 12.6. The number of fused-ring (bicyclic) bond motifs is 1. The van der Waals surface area contributed by atoms with Crippen LogP contribution >= 0.6 is 0 Å². The normalized spacial score (nSPS) is 12.3. The zero-order valence-electron chi connectivity index (χ0n) is 20.8. The van der Waals surface area contributed by atoms with Crippen molar-refractivity contribution in [1.29, 1.82) is 0 Å². The third-order valence-electron chi connectivity index (χ3n) is 5.59. The van der Waals surface area contributed by atoms with Crippen LogP contribution in [0.1, 0.15) is 38.3 Å². The van der Waals surface area contributed by atoms with Crippen LogP contribution in [-0.2, 0) is 9.47 Å². The zero-order valence-corrected chi connectivity index (χ0v) is 21.8. The first-order chi connectivity index (χ1) is 17.3. The van der Waals surface area contributed by atoms with Crippen molar-refractivity contribution in [2.45, 2.75) is 31.8 Å². The molecule has 0 saturated heterocycles. The highest BCUT2D eigenvalue weighted by Gasteiger charge is 2.24. The highest BCUT2D eigenvalue weighted by atomic mass is 28.3. The molecule has 0 aliphatic heterocycles. The van der Waals surface area contributed by atoms with E-state index >= 15 is 0 Å². The van der Waals surface area contributed by atoms with Gasteiger partial charge in [0.05, 0.1) is 23.8 Å². The largest absolute Gasteiger partial charge is 0.465 e. The van der Waals surface area contributed by atoms with Crippen LogP contribution in [0.5, 0.6) is 11.5 Å². The number of imidazole rings is 1. The summed E-state index contributed by atoms with van der Waals surface area (Å²) in [5.74, 6) is 0.810. The molecule has 4 aromatic rings. The Morgan fingerprint density at radius 2 is 1.89 bits per heavy atom. The Labute approximate surface area is 210 Å². The number of pyridine rings is 1. The van der Waals surface area contributed by atoms with E-state index in [1.54, 1.807) is 42.6 Å². The lowest BCUT2D eigenvalue weighted by Gasteiger charge is -2.19. The molecule has 0 amide bonds. The summed E-state index contributed by atoms with van der Waals surface area (Å²) in [6, 6.07) is 16.6. The van der Waals surface area contributed by atoms with Crippen LogP contribution in [-0.4, -0.2) is 49.0 Å². The van der Waals surface area contributed by atoms with Crippen molar-refractivity contribution in [2.75, 3.05) is 13.7 Å². The second-order valence-corrected chi connectivity index (χ2v) is 15.2. The average Bonchev–Trinajstić information content (AvgIpc) is 3.28. The number of aromatic nitrogens is 3. The topological polar surface area (TPSA) is 103 Å². The van der Waals surface area contributed by atoms with E-state index in [2.05, 4.69) is 29.6 Å². The van der Waals surface area contributed by atoms with E-state index in [1.165, 1.54) is 7.11 Å². The molecule has 36 heavy (non-hydrogen) atoms. The molecule has 0 bridgehead atoms. The summed E-state index contributed by atoms with van der Waals surface area (Å²) in [4.78, 5) is 36.1. The number of ether oxygens (including phenoxy) is 3. The molecule has 0 spiro atoms. The standard InChI is InChI=1S/C27H29N3O5Si/c1-33-27(32)20-15-22-23(16-24(20)35-19-10-8-18(17-31)9-11-19)30-26(29-22)25(21-7-5-6-12-28-21)34-13-14-36(2,3)4/h5-12,15-17,25H,13-14H2,1-4H3,(H,29,30). The summed E-state index contributed by atoms with van der Waals surface area (Å²) < 4.78 is 17.3. The molecule has 9 heteroatoms. The maximum atomic E-state index is 12.6. The number of esters is 1. The van der Waals surface area contributed by atoms with Gasteiger partial charge in [0.15, 0.2) is 6.10 Å². The summed E-state index contributed by atoms with van der Waals surface area (Å²) in [5.41, 5.74) is 2.76. The van der Waals surface area contributed by atoms with Crippen molar-refractivity contribution >= 4 is 31.4 Å². The summed E-state index contributed by atoms with van der Waals surface area (Å²) in [5, 5.41) is 0. The lowest BCUT2D eigenvalue weighted by Crippen LogP contribution is -2.23. The van der Waals surface area contributed by atoms with Crippen molar-refractivity contribution in [2.24, 2.45) is 0 Å². The zero-order chi connectivity index (χ0) is 25.7. The molecule has 1 unspecified atom stereocenters. The number of carbonyl (C=O) groups is 2. The average molecular weight is 504 g/mol. The van der Waals surface area contributed by atoms with Crippen molar-refractivity contribution < 1.29 is 23.8 Å². The van der Waals surface area contributed by atoms with Crippen LogP contribution in [0.3, 0.4) is 0 Å². The molecule has 0 radical (unpaired) electrons. The van der Waals surface area contributed by atoms with Crippen LogP contribution in [0.2, 0.25) is 25.7 Å². The fourth-order valence-corrected chi connectivity index (χ4v) is 4.33. The van der Waals surface area contributed by atoms with Crippen molar-refractivity contribution in [1.82, 2.24) is 15.0 Å². The molecule has 8 nitrogen and oxygen atoms in total. The lowest BCUT2D eigenvalue weighted by atomic mass is 10.1. The Morgan fingerprint density at radius 1 is 1.11 bits per heavy atom. The molecule has 2 heterocycles. The molecular weight excluding hydrogens is 474 g/mol. The van der Waals surface area contributed by atoms with Gasteiger partial charge in [-0.25, -0.2) is 9.78 Å². The first-order valence-corrected chi connectivity index (χ1v) is 15.4. The third kappa shape index (κ3) is 6.05. The van der Waals surface area contributed by atoms with E-state index in [9.17, 15) is 9.59 Å². The van der Waals surface area contributed by atoms with E-state index in [0.29, 0.717) is 40.5 Å². The van der Waals surface area contributed by atoms with E-state index < -0.39 is 20.1 Å². The van der Waals surface area contributed by atoms with Gasteiger partial charge in [-0.05, 0) is 48.5 Å². The van der Waals surface area contributed by atoms with Gasteiger partial charge >= 0.3 is 5.97 Å². The smallest absolute Gasteiger partial charge is 0.341 e. The molecule has 2 aromatic heterocycles. The molecule has 2 aromatic carbocycles. The number of hydrogen-bond acceptors (Lipinski definition) is 7. The SMILES string of the molecule is COC(=O)c1cc2[nH]c(C(OCC[Si](C)(C)C)c3ccccn3)nc2cc1Oc1ccc(C=O)cc1. The molecule has 4 rings (SSSR count).